The molecular weight excluding hydrogens is 216 g/mol. The molecule has 0 aliphatic heterocycles. The van der Waals surface area contributed by atoms with E-state index >= 15 is 0 Å². The van der Waals surface area contributed by atoms with Crippen LogP contribution < -0.4 is 0 Å². The number of hydrogen-bond donors (Lipinski definition) is 0. The molecule has 1 aliphatic carbocycles. The van der Waals surface area contributed by atoms with Gasteiger partial charge in [-0.25, -0.2) is 0 Å². The molecule has 2 atom stereocenters. The molecule has 1 rings (SSSR count). The Balaban J connectivity index is 2.40. The van der Waals surface area contributed by atoms with Gasteiger partial charge in [0.25, 0.3) is 0 Å². The van der Waals surface area contributed by atoms with Gasteiger partial charge in [0.05, 0.1) is 0 Å². The third kappa shape index (κ3) is 4.19. The highest BCUT2D eigenvalue weighted by Gasteiger charge is 2.36. The summed E-state index contributed by atoms with van der Waals surface area (Å²) in [4.78, 5) is 0. The normalized spacial score (nSPS) is 22.5. The third-order valence-electron chi connectivity index (χ3n) is 3.68. The zero-order valence-electron chi connectivity index (χ0n) is 11.4. The Morgan fingerprint density at radius 3 is 2.44 bits per heavy atom. The molecule has 0 amide bonds. The van der Waals surface area contributed by atoms with Gasteiger partial charge in [0.15, 0.2) is 0 Å². The molecule has 1 fully saturated rings. The molecule has 0 aromatic rings. The van der Waals surface area contributed by atoms with E-state index in [4.69, 9.17) is 8.85 Å². The Kier molecular flexibility index (Phi) is 6.01. The summed E-state index contributed by atoms with van der Waals surface area (Å²) in [6, 6.07) is 1.15. The molecule has 0 bridgehead atoms. The van der Waals surface area contributed by atoms with Crippen LogP contribution >= 0.6 is 0 Å². The van der Waals surface area contributed by atoms with Crippen molar-refractivity contribution >= 4 is 8.56 Å². The summed E-state index contributed by atoms with van der Waals surface area (Å²) in [5.41, 5.74) is 0. The van der Waals surface area contributed by atoms with Gasteiger partial charge in [0.1, 0.15) is 0 Å². The van der Waals surface area contributed by atoms with Crippen LogP contribution in [-0.2, 0) is 8.85 Å². The maximum atomic E-state index is 6.30. The standard InChI is InChI=1S/C13H28O2Si/c1-5-7-11-16(4,14-6-2)15-12(3)13-9-8-10-13/h12-13H,5-11H2,1-4H3. The van der Waals surface area contributed by atoms with Crippen LogP contribution in [-0.4, -0.2) is 21.3 Å². The molecule has 96 valence electrons. The van der Waals surface area contributed by atoms with Crippen molar-refractivity contribution in [3.8, 4) is 0 Å². The summed E-state index contributed by atoms with van der Waals surface area (Å²) in [6.45, 7) is 9.58. The minimum Gasteiger partial charge on any atom is -0.395 e. The van der Waals surface area contributed by atoms with Crippen LogP contribution in [0.5, 0.6) is 0 Å². The summed E-state index contributed by atoms with van der Waals surface area (Å²) in [6.07, 6.45) is 6.97. The smallest absolute Gasteiger partial charge is 0.335 e. The topological polar surface area (TPSA) is 18.5 Å². The first-order valence-corrected chi connectivity index (χ1v) is 9.45. The van der Waals surface area contributed by atoms with E-state index < -0.39 is 8.56 Å². The molecule has 0 saturated heterocycles. The van der Waals surface area contributed by atoms with Gasteiger partial charge in [-0.05, 0) is 45.2 Å². The number of hydrogen-bond acceptors (Lipinski definition) is 2. The van der Waals surface area contributed by atoms with E-state index in [0.717, 1.165) is 18.6 Å². The van der Waals surface area contributed by atoms with Crippen molar-refractivity contribution in [1.29, 1.82) is 0 Å². The van der Waals surface area contributed by atoms with E-state index in [1.165, 1.54) is 32.1 Å². The summed E-state index contributed by atoms with van der Waals surface area (Å²) in [5, 5.41) is 0. The minimum absolute atomic E-state index is 0.411. The molecule has 0 aromatic heterocycles. The maximum Gasteiger partial charge on any atom is 0.335 e. The van der Waals surface area contributed by atoms with Crippen LogP contribution in [0.25, 0.3) is 0 Å². The molecule has 2 unspecified atom stereocenters. The van der Waals surface area contributed by atoms with Crippen LogP contribution in [0.3, 0.4) is 0 Å². The fourth-order valence-corrected chi connectivity index (χ4v) is 5.28. The number of unbranched alkanes of at least 4 members (excludes halogenated alkanes) is 1. The lowest BCUT2D eigenvalue weighted by Crippen LogP contribution is -2.44. The van der Waals surface area contributed by atoms with Crippen LogP contribution in [0, 0.1) is 5.92 Å². The lowest BCUT2D eigenvalue weighted by molar-refractivity contribution is 0.0561. The average molecular weight is 244 g/mol. The van der Waals surface area contributed by atoms with Crippen molar-refractivity contribution in [2.24, 2.45) is 5.92 Å². The van der Waals surface area contributed by atoms with Crippen LogP contribution in [0.4, 0.5) is 0 Å². The van der Waals surface area contributed by atoms with Crippen LogP contribution in [0.2, 0.25) is 12.6 Å². The quantitative estimate of drug-likeness (QED) is 0.598. The molecule has 0 spiro atoms. The SMILES string of the molecule is CCCC[Si](C)(OCC)OC(C)C1CCC1. The highest BCUT2D eigenvalue weighted by molar-refractivity contribution is 6.66. The zero-order chi connectivity index (χ0) is 12.0. The first kappa shape index (κ1) is 14.2. The van der Waals surface area contributed by atoms with Crippen molar-refractivity contribution in [2.45, 2.75) is 71.6 Å². The van der Waals surface area contributed by atoms with Gasteiger partial charge < -0.3 is 8.85 Å². The summed E-state index contributed by atoms with van der Waals surface area (Å²) in [7, 11) is -1.88. The maximum absolute atomic E-state index is 6.30. The van der Waals surface area contributed by atoms with Crippen molar-refractivity contribution in [2.75, 3.05) is 6.61 Å². The molecule has 0 aromatic carbocycles. The van der Waals surface area contributed by atoms with Gasteiger partial charge >= 0.3 is 8.56 Å². The van der Waals surface area contributed by atoms with Gasteiger partial charge in [-0.1, -0.05) is 26.2 Å². The second-order valence-corrected chi connectivity index (χ2v) is 8.48. The average Bonchev–Trinajstić information content (AvgIpc) is 2.12. The van der Waals surface area contributed by atoms with Crippen LogP contribution in [0.15, 0.2) is 0 Å². The predicted molar refractivity (Wildman–Crippen MR) is 70.8 cm³/mol. The summed E-state index contributed by atoms with van der Waals surface area (Å²) < 4.78 is 12.2. The summed E-state index contributed by atoms with van der Waals surface area (Å²) >= 11 is 0. The van der Waals surface area contributed by atoms with Crippen molar-refractivity contribution in [1.82, 2.24) is 0 Å². The molecule has 0 N–H and O–H groups in total. The zero-order valence-corrected chi connectivity index (χ0v) is 12.4. The first-order chi connectivity index (χ1) is 7.61. The van der Waals surface area contributed by atoms with Gasteiger partial charge in [-0.15, -0.1) is 0 Å². The lowest BCUT2D eigenvalue weighted by Gasteiger charge is -2.37. The van der Waals surface area contributed by atoms with Gasteiger partial charge in [-0.2, -0.15) is 0 Å². The minimum atomic E-state index is -1.88. The van der Waals surface area contributed by atoms with E-state index in [0.29, 0.717) is 6.10 Å². The highest BCUT2D eigenvalue weighted by atomic mass is 28.4. The monoisotopic (exact) mass is 244 g/mol. The largest absolute Gasteiger partial charge is 0.395 e. The van der Waals surface area contributed by atoms with Crippen molar-refractivity contribution < 1.29 is 8.85 Å². The third-order valence-corrected chi connectivity index (χ3v) is 6.71. The first-order valence-electron chi connectivity index (χ1n) is 6.93. The predicted octanol–water partition coefficient (Wildman–Crippen LogP) is 4.10. The summed E-state index contributed by atoms with van der Waals surface area (Å²) in [5.74, 6) is 0.800. The Hall–Kier alpha value is 0.137. The molecule has 1 aliphatic rings. The highest BCUT2D eigenvalue weighted by Crippen LogP contribution is 2.33. The number of rotatable bonds is 8. The van der Waals surface area contributed by atoms with Gasteiger partial charge in [0, 0.05) is 12.7 Å². The molecule has 1 saturated carbocycles. The van der Waals surface area contributed by atoms with E-state index in [1.54, 1.807) is 0 Å². The molecule has 3 heteroatoms. The Labute approximate surface area is 102 Å². The van der Waals surface area contributed by atoms with E-state index in [9.17, 15) is 0 Å². The molecule has 16 heavy (non-hydrogen) atoms. The Bertz CT molecular complexity index is 194. The van der Waals surface area contributed by atoms with Gasteiger partial charge in [0.2, 0.25) is 0 Å². The van der Waals surface area contributed by atoms with Gasteiger partial charge in [-0.3, -0.25) is 0 Å². The Morgan fingerprint density at radius 2 is 2.00 bits per heavy atom. The Morgan fingerprint density at radius 1 is 1.31 bits per heavy atom. The van der Waals surface area contributed by atoms with Crippen molar-refractivity contribution in [3.05, 3.63) is 0 Å². The van der Waals surface area contributed by atoms with E-state index in [-0.39, 0.29) is 0 Å². The molecule has 2 nitrogen and oxygen atoms in total. The second kappa shape index (κ2) is 6.77. The van der Waals surface area contributed by atoms with Crippen LogP contribution in [0.1, 0.15) is 52.9 Å². The molecule has 0 radical (unpaired) electrons. The van der Waals surface area contributed by atoms with E-state index in [2.05, 4.69) is 27.3 Å². The van der Waals surface area contributed by atoms with Crippen molar-refractivity contribution in [3.63, 3.8) is 0 Å². The fraction of sp³-hybridized carbons (Fsp3) is 1.00. The van der Waals surface area contributed by atoms with E-state index in [1.807, 2.05) is 0 Å². The molecular formula is C13H28O2Si. The second-order valence-electron chi connectivity index (χ2n) is 5.18. The molecule has 0 heterocycles. The lowest BCUT2D eigenvalue weighted by atomic mass is 9.82. The fourth-order valence-electron chi connectivity index (χ4n) is 2.37.